The molecule has 0 aliphatic rings. The summed E-state index contributed by atoms with van der Waals surface area (Å²) in [6, 6.07) is 9.90. The second-order valence-electron chi connectivity index (χ2n) is 6.71. The second kappa shape index (κ2) is 10.3. The third-order valence-electron chi connectivity index (χ3n) is 4.51. The minimum absolute atomic E-state index is 0.0589. The second-order valence-corrected chi connectivity index (χ2v) is 8.06. The molecular formula is C21H20ClF3N4O2S. The van der Waals surface area contributed by atoms with Crippen molar-refractivity contribution in [3.63, 3.8) is 0 Å². The van der Waals surface area contributed by atoms with E-state index in [1.165, 1.54) is 23.9 Å². The zero-order chi connectivity index (χ0) is 23.3. The van der Waals surface area contributed by atoms with E-state index in [0.717, 1.165) is 17.7 Å². The van der Waals surface area contributed by atoms with E-state index in [1.807, 2.05) is 13.8 Å². The van der Waals surface area contributed by atoms with E-state index in [-0.39, 0.29) is 24.0 Å². The van der Waals surface area contributed by atoms with Crippen molar-refractivity contribution in [1.82, 2.24) is 14.8 Å². The molecule has 32 heavy (non-hydrogen) atoms. The van der Waals surface area contributed by atoms with E-state index >= 15 is 0 Å². The molecule has 0 aliphatic heterocycles. The Morgan fingerprint density at radius 2 is 1.97 bits per heavy atom. The number of amides is 1. The Kier molecular flexibility index (Phi) is 7.68. The van der Waals surface area contributed by atoms with Gasteiger partial charge in [0.1, 0.15) is 12.4 Å². The van der Waals surface area contributed by atoms with Crippen LogP contribution in [0, 0.1) is 6.92 Å². The van der Waals surface area contributed by atoms with Gasteiger partial charge in [-0.2, -0.15) is 13.2 Å². The van der Waals surface area contributed by atoms with Gasteiger partial charge in [0.05, 0.1) is 11.3 Å². The maximum Gasteiger partial charge on any atom is 0.416 e. The fraction of sp³-hybridized carbons (Fsp3) is 0.286. The molecule has 1 aromatic heterocycles. The zero-order valence-electron chi connectivity index (χ0n) is 17.2. The van der Waals surface area contributed by atoms with Crippen LogP contribution in [-0.2, 0) is 24.1 Å². The summed E-state index contributed by atoms with van der Waals surface area (Å²) < 4.78 is 45.8. The summed E-state index contributed by atoms with van der Waals surface area (Å²) in [5.41, 5.74) is 0.623. The van der Waals surface area contributed by atoms with Crippen LogP contribution >= 0.6 is 23.4 Å². The number of rotatable bonds is 8. The van der Waals surface area contributed by atoms with Crippen molar-refractivity contribution in [2.75, 3.05) is 11.1 Å². The number of carbonyl (C=O) groups excluding carboxylic acids is 1. The van der Waals surface area contributed by atoms with Crippen molar-refractivity contribution in [2.45, 2.75) is 38.3 Å². The van der Waals surface area contributed by atoms with Crippen molar-refractivity contribution >= 4 is 35.0 Å². The molecule has 11 heteroatoms. The van der Waals surface area contributed by atoms with Gasteiger partial charge in [0.15, 0.2) is 11.0 Å². The monoisotopic (exact) mass is 484 g/mol. The number of halogens is 4. The van der Waals surface area contributed by atoms with Crippen LogP contribution in [0.3, 0.4) is 0 Å². The average molecular weight is 485 g/mol. The van der Waals surface area contributed by atoms with Crippen molar-refractivity contribution in [1.29, 1.82) is 0 Å². The van der Waals surface area contributed by atoms with Gasteiger partial charge in [-0.25, -0.2) is 0 Å². The summed E-state index contributed by atoms with van der Waals surface area (Å²) in [6.45, 7) is 4.13. The van der Waals surface area contributed by atoms with Gasteiger partial charge in [-0.05, 0) is 49.7 Å². The molecule has 3 rings (SSSR count). The first kappa shape index (κ1) is 23.9. The lowest BCUT2D eigenvalue weighted by molar-refractivity contribution is -0.137. The number of nitrogens with zero attached hydrogens (tertiary/aromatic N) is 3. The Morgan fingerprint density at radius 1 is 1.22 bits per heavy atom. The molecule has 1 N–H and O–H groups in total. The number of nitrogens with one attached hydrogen (secondary N) is 1. The smallest absolute Gasteiger partial charge is 0.416 e. The Morgan fingerprint density at radius 3 is 2.69 bits per heavy atom. The summed E-state index contributed by atoms with van der Waals surface area (Å²) in [5, 5.41) is 12.0. The molecule has 6 nitrogen and oxygen atoms in total. The van der Waals surface area contributed by atoms with Crippen molar-refractivity contribution in [3.05, 3.63) is 64.4 Å². The highest BCUT2D eigenvalue weighted by Crippen LogP contribution is 2.31. The molecule has 0 saturated carbocycles. The first-order chi connectivity index (χ1) is 15.2. The highest BCUT2D eigenvalue weighted by Gasteiger charge is 2.30. The summed E-state index contributed by atoms with van der Waals surface area (Å²) in [6.07, 6.45) is -4.45. The van der Waals surface area contributed by atoms with Crippen LogP contribution in [0.15, 0.2) is 47.6 Å². The number of aromatic nitrogens is 3. The molecule has 3 aromatic rings. The molecule has 0 atom stereocenters. The van der Waals surface area contributed by atoms with E-state index in [1.54, 1.807) is 22.8 Å². The quantitative estimate of drug-likeness (QED) is 0.422. The third-order valence-corrected chi connectivity index (χ3v) is 5.89. The number of hydrogen-bond acceptors (Lipinski definition) is 5. The van der Waals surface area contributed by atoms with Gasteiger partial charge in [0.2, 0.25) is 5.91 Å². The van der Waals surface area contributed by atoms with Crippen molar-refractivity contribution in [2.24, 2.45) is 0 Å². The topological polar surface area (TPSA) is 69.0 Å². The molecule has 0 spiro atoms. The van der Waals surface area contributed by atoms with E-state index in [4.69, 9.17) is 16.3 Å². The maximum absolute atomic E-state index is 12.9. The number of ether oxygens (including phenoxy) is 1. The normalized spacial score (nSPS) is 11.4. The number of carbonyl (C=O) groups is 1. The van der Waals surface area contributed by atoms with Crippen LogP contribution in [0.4, 0.5) is 18.9 Å². The Bertz CT molecular complexity index is 1100. The van der Waals surface area contributed by atoms with Crippen LogP contribution < -0.4 is 10.1 Å². The molecule has 0 aliphatic carbocycles. The van der Waals surface area contributed by atoms with E-state index in [9.17, 15) is 18.0 Å². The lowest BCUT2D eigenvalue weighted by Gasteiger charge is -2.11. The minimum atomic E-state index is -4.45. The van der Waals surface area contributed by atoms with Gasteiger partial charge >= 0.3 is 6.18 Å². The van der Waals surface area contributed by atoms with Crippen LogP contribution in [-0.4, -0.2) is 26.4 Å². The van der Waals surface area contributed by atoms with Crippen LogP contribution in [0.1, 0.15) is 23.9 Å². The lowest BCUT2D eigenvalue weighted by Crippen LogP contribution is -2.15. The zero-order valence-corrected chi connectivity index (χ0v) is 18.8. The minimum Gasteiger partial charge on any atom is -0.486 e. The van der Waals surface area contributed by atoms with Crippen molar-refractivity contribution in [3.8, 4) is 5.75 Å². The van der Waals surface area contributed by atoms with Crippen LogP contribution in [0.2, 0.25) is 5.02 Å². The Hall–Kier alpha value is -2.72. The Labute approximate surface area is 192 Å². The molecule has 2 aromatic carbocycles. The highest BCUT2D eigenvalue weighted by molar-refractivity contribution is 7.99. The molecule has 0 unspecified atom stereocenters. The first-order valence-electron chi connectivity index (χ1n) is 9.59. The average Bonchev–Trinajstić information content (AvgIpc) is 3.15. The van der Waals surface area contributed by atoms with Gasteiger partial charge < -0.3 is 14.6 Å². The molecule has 0 fully saturated rings. The van der Waals surface area contributed by atoms with E-state index < -0.39 is 11.7 Å². The highest BCUT2D eigenvalue weighted by atomic mass is 35.5. The van der Waals surface area contributed by atoms with Crippen LogP contribution in [0.25, 0.3) is 0 Å². The molecule has 1 amide bonds. The Balaban J connectivity index is 1.61. The van der Waals surface area contributed by atoms with Crippen LogP contribution in [0.5, 0.6) is 5.75 Å². The van der Waals surface area contributed by atoms with Gasteiger partial charge in [-0.3, -0.25) is 4.79 Å². The predicted octanol–water partition coefficient (Wildman–Crippen LogP) is 5.59. The molecular weight excluding hydrogens is 465 g/mol. The summed E-state index contributed by atoms with van der Waals surface area (Å²) in [7, 11) is 0. The fourth-order valence-corrected chi connectivity index (χ4v) is 3.82. The van der Waals surface area contributed by atoms with Crippen molar-refractivity contribution < 1.29 is 22.7 Å². The predicted molar refractivity (Wildman–Crippen MR) is 117 cm³/mol. The molecule has 0 bridgehead atoms. The van der Waals surface area contributed by atoms with Gasteiger partial charge in [0.25, 0.3) is 0 Å². The first-order valence-corrected chi connectivity index (χ1v) is 10.9. The largest absolute Gasteiger partial charge is 0.486 e. The molecule has 170 valence electrons. The molecule has 1 heterocycles. The number of hydrogen-bond donors (Lipinski definition) is 1. The molecule has 0 saturated heterocycles. The van der Waals surface area contributed by atoms with Gasteiger partial charge in [-0.1, -0.05) is 35.5 Å². The number of thioether (sulfide) groups is 1. The SMILES string of the molecule is CCn1c(COc2cccc(C(F)(F)F)c2)nnc1SCC(=O)Nc1cccc(Cl)c1C. The third kappa shape index (κ3) is 5.95. The van der Waals surface area contributed by atoms with E-state index in [0.29, 0.717) is 28.2 Å². The number of alkyl halides is 3. The number of anilines is 1. The summed E-state index contributed by atoms with van der Waals surface area (Å²) in [5.74, 6) is 0.390. The standard InChI is InChI=1S/C21H20ClF3N4O2S/c1-3-29-18(11-31-15-7-4-6-14(10-15)21(23,24)25)27-28-20(29)32-12-19(30)26-17-9-5-8-16(22)13(17)2/h4-10H,3,11-12H2,1-2H3,(H,26,30). The maximum atomic E-state index is 12.9. The summed E-state index contributed by atoms with van der Waals surface area (Å²) >= 11 is 7.27. The fourth-order valence-electron chi connectivity index (χ4n) is 2.82. The van der Waals surface area contributed by atoms with Gasteiger partial charge in [-0.15, -0.1) is 10.2 Å². The molecule has 0 radical (unpaired) electrons. The number of benzene rings is 2. The lowest BCUT2D eigenvalue weighted by atomic mass is 10.2. The van der Waals surface area contributed by atoms with Gasteiger partial charge in [0, 0.05) is 17.3 Å². The summed E-state index contributed by atoms with van der Waals surface area (Å²) in [4.78, 5) is 12.3. The van der Waals surface area contributed by atoms with E-state index in [2.05, 4.69) is 15.5 Å².